The molecule has 25 heavy (non-hydrogen) atoms. The number of hydrogen-bond donors (Lipinski definition) is 0. The van der Waals surface area contributed by atoms with Gasteiger partial charge < -0.3 is 9.80 Å². The lowest BCUT2D eigenvalue weighted by atomic mass is 10.3. The van der Waals surface area contributed by atoms with Gasteiger partial charge in [0.2, 0.25) is 0 Å². The van der Waals surface area contributed by atoms with Gasteiger partial charge in [-0.3, -0.25) is 4.90 Å². The van der Waals surface area contributed by atoms with Gasteiger partial charge in [0.15, 0.2) is 0 Å². The second-order valence-corrected chi connectivity index (χ2v) is 8.01. The Morgan fingerprint density at radius 3 is 2.12 bits per heavy atom. The third kappa shape index (κ3) is 3.93. The summed E-state index contributed by atoms with van der Waals surface area (Å²) in [4.78, 5) is 21.2. The molecule has 0 radical (unpaired) electrons. The average molecular weight is 359 g/mol. The van der Waals surface area contributed by atoms with E-state index < -0.39 is 0 Å². The minimum Gasteiger partial charge on any atom is -0.356 e. The Labute approximate surface area is 153 Å². The summed E-state index contributed by atoms with van der Waals surface area (Å²) in [6.45, 7) is 11.4. The summed E-state index contributed by atoms with van der Waals surface area (Å²) in [6, 6.07) is 2.18. The van der Waals surface area contributed by atoms with Crippen LogP contribution < -0.4 is 9.80 Å². The molecule has 0 aliphatic carbocycles. The molecule has 0 unspecified atom stereocenters. The normalized spacial score (nSPS) is 19.0. The van der Waals surface area contributed by atoms with Gasteiger partial charge in [-0.15, -0.1) is 11.3 Å². The van der Waals surface area contributed by atoms with Crippen molar-refractivity contribution in [2.24, 2.45) is 0 Å². The van der Waals surface area contributed by atoms with Crippen LogP contribution in [0, 0.1) is 13.8 Å². The molecule has 0 amide bonds. The van der Waals surface area contributed by atoms with Crippen LogP contribution in [-0.2, 0) is 6.54 Å². The summed E-state index contributed by atoms with van der Waals surface area (Å²) >= 11 is 1.74. The van der Waals surface area contributed by atoms with Crippen LogP contribution in [-0.4, -0.2) is 59.1 Å². The maximum atomic E-state index is 4.70. The maximum absolute atomic E-state index is 4.70. The highest BCUT2D eigenvalue weighted by atomic mass is 32.1. The summed E-state index contributed by atoms with van der Waals surface area (Å²) in [5.74, 6) is 3.05. The minimum absolute atomic E-state index is 0.875. The van der Waals surface area contributed by atoms with E-state index in [-0.39, 0.29) is 0 Å². The highest BCUT2D eigenvalue weighted by molar-refractivity contribution is 7.09. The molecule has 0 atom stereocenters. The van der Waals surface area contributed by atoms with Crippen LogP contribution in [0.4, 0.5) is 11.6 Å². The number of rotatable bonds is 4. The smallest absolute Gasteiger partial charge is 0.134 e. The summed E-state index contributed by atoms with van der Waals surface area (Å²) < 4.78 is 0. The van der Waals surface area contributed by atoms with E-state index in [1.807, 2.05) is 6.92 Å². The SMILES string of the molecule is Cc1nc(N2CCCC2)cc(N2CCN(Cc3csc(C)n3)CC2)n1. The van der Waals surface area contributed by atoms with Gasteiger partial charge in [-0.1, -0.05) is 0 Å². The first-order valence-electron chi connectivity index (χ1n) is 9.16. The quantitative estimate of drug-likeness (QED) is 0.837. The zero-order chi connectivity index (χ0) is 17.2. The van der Waals surface area contributed by atoms with Crippen LogP contribution in [0.2, 0.25) is 0 Å². The van der Waals surface area contributed by atoms with Gasteiger partial charge in [-0.25, -0.2) is 15.0 Å². The number of nitrogens with zero attached hydrogens (tertiary/aromatic N) is 6. The predicted molar refractivity (Wildman–Crippen MR) is 103 cm³/mol. The second kappa shape index (κ2) is 7.25. The van der Waals surface area contributed by atoms with Crippen LogP contribution in [0.1, 0.15) is 29.4 Å². The first-order valence-corrected chi connectivity index (χ1v) is 10.0. The minimum atomic E-state index is 0.875. The molecule has 0 spiro atoms. The van der Waals surface area contributed by atoms with E-state index in [2.05, 4.69) is 43.0 Å². The van der Waals surface area contributed by atoms with Gasteiger partial charge in [0.05, 0.1) is 10.7 Å². The second-order valence-electron chi connectivity index (χ2n) is 6.95. The standard InChI is InChI=1S/C18H26N6S/c1-14-19-17(23-5-3-4-6-23)11-18(20-14)24-9-7-22(8-10-24)12-16-13-25-15(2)21-16/h11,13H,3-10,12H2,1-2H3. The molecule has 2 aromatic rings. The van der Waals surface area contributed by atoms with Gasteiger partial charge in [0.25, 0.3) is 0 Å². The Hall–Kier alpha value is -1.73. The van der Waals surface area contributed by atoms with Crippen LogP contribution in [0.25, 0.3) is 0 Å². The Morgan fingerprint density at radius 2 is 1.52 bits per heavy atom. The fourth-order valence-electron chi connectivity index (χ4n) is 3.65. The molecule has 134 valence electrons. The summed E-state index contributed by atoms with van der Waals surface area (Å²) in [6.07, 6.45) is 2.54. The molecule has 2 aromatic heterocycles. The number of hydrogen-bond acceptors (Lipinski definition) is 7. The van der Waals surface area contributed by atoms with Crippen molar-refractivity contribution >= 4 is 23.0 Å². The largest absolute Gasteiger partial charge is 0.356 e. The molecular formula is C18H26N6S. The Balaban J connectivity index is 1.40. The van der Waals surface area contributed by atoms with E-state index in [0.717, 1.165) is 68.3 Å². The molecule has 2 aliphatic heterocycles. The molecular weight excluding hydrogens is 332 g/mol. The topological polar surface area (TPSA) is 48.4 Å². The van der Waals surface area contributed by atoms with Crippen molar-refractivity contribution in [3.8, 4) is 0 Å². The summed E-state index contributed by atoms with van der Waals surface area (Å²) in [5, 5.41) is 3.33. The molecule has 4 rings (SSSR count). The molecule has 7 heteroatoms. The third-order valence-electron chi connectivity index (χ3n) is 4.99. The van der Waals surface area contributed by atoms with E-state index in [4.69, 9.17) is 4.98 Å². The number of anilines is 2. The van der Waals surface area contributed by atoms with Gasteiger partial charge in [-0.05, 0) is 26.7 Å². The van der Waals surface area contributed by atoms with E-state index in [1.54, 1.807) is 11.3 Å². The molecule has 2 fully saturated rings. The van der Waals surface area contributed by atoms with Gasteiger partial charge in [-0.2, -0.15) is 0 Å². The average Bonchev–Trinajstić information content (AvgIpc) is 3.27. The van der Waals surface area contributed by atoms with E-state index in [1.165, 1.54) is 18.5 Å². The highest BCUT2D eigenvalue weighted by Gasteiger charge is 2.21. The zero-order valence-corrected chi connectivity index (χ0v) is 15.9. The number of aryl methyl sites for hydroxylation is 2. The van der Waals surface area contributed by atoms with Crippen molar-refractivity contribution in [1.82, 2.24) is 19.9 Å². The maximum Gasteiger partial charge on any atom is 0.134 e. The van der Waals surface area contributed by atoms with Crippen molar-refractivity contribution in [2.75, 3.05) is 49.1 Å². The zero-order valence-electron chi connectivity index (χ0n) is 15.1. The lowest BCUT2D eigenvalue weighted by Gasteiger charge is -2.35. The van der Waals surface area contributed by atoms with Crippen LogP contribution in [0.3, 0.4) is 0 Å². The lowest BCUT2D eigenvalue weighted by molar-refractivity contribution is 0.247. The molecule has 0 aromatic carbocycles. The highest BCUT2D eigenvalue weighted by Crippen LogP contribution is 2.23. The Kier molecular flexibility index (Phi) is 4.85. The Morgan fingerprint density at radius 1 is 0.880 bits per heavy atom. The molecule has 6 nitrogen and oxygen atoms in total. The molecule has 0 N–H and O–H groups in total. The fourth-order valence-corrected chi connectivity index (χ4v) is 4.26. The number of aromatic nitrogens is 3. The van der Waals surface area contributed by atoms with Gasteiger partial charge in [0, 0.05) is 57.3 Å². The fraction of sp³-hybridized carbons (Fsp3) is 0.611. The van der Waals surface area contributed by atoms with Crippen molar-refractivity contribution in [3.05, 3.63) is 28.0 Å². The molecule has 0 saturated carbocycles. The van der Waals surface area contributed by atoms with Crippen molar-refractivity contribution < 1.29 is 0 Å². The van der Waals surface area contributed by atoms with Crippen LogP contribution in [0.5, 0.6) is 0 Å². The Bertz CT molecular complexity index is 716. The first kappa shape index (κ1) is 16.7. The lowest BCUT2D eigenvalue weighted by Crippen LogP contribution is -2.46. The van der Waals surface area contributed by atoms with Crippen molar-refractivity contribution in [2.45, 2.75) is 33.2 Å². The van der Waals surface area contributed by atoms with E-state index in [0.29, 0.717) is 0 Å². The van der Waals surface area contributed by atoms with Crippen molar-refractivity contribution in [3.63, 3.8) is 0 Å². The monoisotopic (exact) mass is 358 g/mol. The van der Waals surface area contributed by atoms with Gasteiger partial charge >= 0.3 is 0 Å². The number of piperazine rings is 1. The third-order valence-corrected chi connectivity index (χ3v) is 5.81. The summed E-state index contributed by atoms with van der Waals surface area (Å²) in [5.41, 5.74) is 1.20. The van der Waals surface area contributed by atoms with Crippen LogP contribution >= 0.6 is 11.3 Å². The molecule has 0 bridgehead atoms. The predicted octanol–water partition coefficient (Wildman–Crippen LogP) is 2.47. The first-order chi connectivity index (χ1) is 12.2. The molecule has 2 aliphatic rings. The molecule has 2 saturated heterocycles. The number of thiazole rings is 1. The van der Waals surface area contributed by atoms with Gasteiger partial charge in [0.1, 0.15) is 17.5 Å². The molecule has 4 heterocycles. The van der Waals surface area contributed by atoms with Crippen molar-refractivity contribution in [1.29, 1.82) is 0 Å². The van der Waals surface area contributed by atoms with E-state index >= 15 is 0 Å². The van der Waals surface area contributed by atoms with E-state index in [9.17, 15) is 0 Å². The van der Waals surface area contributed by atoms with Crippen LogP contribution in [0.15, 0.2) is 11.4 Å². The summed E-state index contributed by atoms with van der Waals surface area (Å²) in [7, 11) is 0.